The summed E-state index contributed by atoms with van der Waals surface area (Å²) in [5, 5.41) is 8.95. The Balaban J connectivity index is 4.33. The van der Waals surface area contributed by atoms with Gasteiger partial charge in [0, 0.05) is 7.11 Å². The Morgan fingerprint density at radius 1 is 1.61 bits per heavy atom. The van der Waals surface area contributed by atoms with Gasteiger partial charge < -0.3 is 21.3 Å². The number of nitrogens with zero attached hydrogens (tertiary/aromatic N) is 1. The molecule has 0 aliphatic heterocycles. The predicted molar refractivity (Wildman–Crippen MR) is 67.0 cm³/mol. The smallest absolute Gasteiger partial charge is 0.326 e. The highest BCUT2D eigenvalue weighted by atomic mass is 19.1. The average molecular weight is 261 g/mol. The van der Waals surface area contributed by atoms with Gasteiger partial charge >= 0.3 is 5.97 Å². The molecule has 0 spiro atoms. The van der Waals surface area contributed by atoms with Crippen LogP contribution in [0.5, 0.6) is 0 Å². The highest BCUT2D eigenvalue weighted by Gasteiger charge is 2.33. The third kappa shape index (κ3) is 6.31. The minimum atomic E-state index is -1.50. The Hall–Kier alpha value is -1.47. The summed E-state index contributed by atoms with van der Waals surface area (Å²) in [6.45, 7) is 1.29. The van der Waals surface area contributed by atoms with E-state index in [1.54, 1.807) is 6.92 Å². The first kappa shape index (κ1) is 16.5. The van der Waals surface area contributed by atoms with Crippen LogP contribution in [0.4, 0.5) is 4.39 Å². The van der Waals surface area contributed by atoms with Crippen molar-refractivity contribution in [1.29, 1.82) is 0 Å². The lowest BCUT2D eigenvalue weighted by molar-refractivity contribution is -0.145. The normalized spacial score (nSPS) is 16.4. The number of carbonyl (C=O) groups is 1. The van der Waals surface area contributed by atoms with Crippen molar-refractivity contribution in [3.8, 4) is 0 Å². The number of nitrogens with two attached hydrogens (primary N) is 2. The van der Waals surface area contributed by atoms with Crippen LogP contribution >= 0.6 is 0 Å². The molecule has 0 aromatic rings. The molecule has 7 heteroatoms. The van der Waals surface area contributed by atoms with Gasteiger partial charge in [-0.1, -0.05) is 6.08 Å². The Morgan fingerprint density at radius 3 is 2.67 bits per heavy atom. The van der Waals surface area contributed by atoms with Crippen LogP contribution in [0.1, 0.15) is 19.8 Å². The van der Waals surface area contributed by atoms with E-state index < -0.39 is 17.3 Å². The quantitative estimate of drug-likeness (QED) is 0.433. The second kappa shape index (κ2) is 7.78. The van der Waals surface area contributed by atoms with Gasteiger partial charge in [0.2, 0.25) is 0 Å². The molecular formula is C11H20FN3O3. The van der Waals surface area contributed by atoms with E-state index in [-0.39, 0.29) is 31.8 Å². The Kier molecular flexibility index (Phi) is 7.14. The molecule has 0 fully saturated rings. The largest absolute Gasteiger partial charge is 0.480 e. The summed E-state index contributed by atoms with van der Waals surface area (Å²) in [7, 11) is 1.36. The van der Waals surface area contributed by atoms with Crippen molar-refractivity contribution in [1.82, 2.24) is 0 Å². The number of amidine groups is 1. The summed E-state index contributed by atoms with van der Waals surface area (Å²) in [5.41, 5.74) is 9.39. The van der Waals surface area contributed by atoms with Gasteiger partial charge in [0.1, 0.15) is 11.4 Å². The fourth-order valence-corrected chi connectivity index (χ4v) is 1.25. The van der Waals surface area contributed by atoms with Crippen molar-refractivity contribution in [2.75, 3.05) is 20.3 Å². The third-order valence-electron chi connectivity index (χ3n) is 2.26. The number of allylic oxidation sites excluding steroid dienone is 1. The van der Waals surface area contributed by atoms with Gasteiger partial charge in [-0.3, -0.25) is 9.79 Å². The SMILES string of the molecule is COCC(N)(CC/C=C(\F)CN=C(C)N)C(=O)O. The maximum atomic E-state index is 13.2. The number of hydrogen-bond acceptors (Lipinski definition) is 4. The summed E-state index contributed by atoms with van der Waals surface area (Å²) >= 11 is 0. The molecule has 0 aromatic heterocycles. The van der Waals surface area contributed by atoms with E-state index in [0.29, 0.717) is 0 Å². The van der Waals surface area contributed by atoms with Crippen LogP contribution in [0.2, 0.25) is 0 Å². The van der Waals surface area contributed by atoms with Crippen LogP contribution in [0, 0.1) is 0 Å². The number of hydrogen-bond donors (Lipinski definition) is 3. The second-order valence-corrected chi connectivity index (χ2v) is 4.04. The molecule has 5 N–H and O–H groups in total. The maximum Gasteiger partial charge on any atom is 0.326 e. The molecule has 104 valence electrons. The molecule has 0 radical (unpaired) electrons. The van der Waals surface area contributed by atoms with Crippen molar-refractivity contribution < 1.29 is 19.0 Å². The minimum absolute atomic E-state index is 0.0783. The highest BCUT2D eigenvalue weighted by Crippen LogP contribution is 2.13. The van der Waals surface area contributed by atoms with Crippen molar-refractivity contribution in [3.05, 3.63) is 11.9 Å². The van der Waals surface area contributed by atoms with Crippen LogP contribution in [0.3, 0.4) is 0 Å². The molecule has 0 saturated heterocycles. The molecule has 0 aliphatic carbocycles. The van der Waals surface area contributed by atoms with E-state index in [9.17, 15) is 9.18 Å². The lowest BCUT2D eigenvalue weighted by atomic mass is 9.95. The van der Waals surface area contributed by atoms with E-state index in [2.05, 4.69) is 4.99 Å². The number of rotatable bonds is 8. The molecule has 0 saturated carbocycles. The summed E-state index contributed by atoms with van der Waals surface area (Å²) in [5.74, 6) is -1.35. The molecule has 0 amide bonds. The molecule has 6 nitrogen and oxygen atoms in total. The van der Waals surface area contributed by atoms with E-state index >= 15 is 0 Å². The zero-order valence-corrected chi connectivity index (χ0v) is 10.6. The van der Waals surface area contributed by atoms with Crippen molar-refractivity contribution in [2.45, 2.75) is 25.3 Å². The lowest BCUT2D eigenvalue weighted by Gasteiger charge is -2.22. The topological polar surface area (TPSA) is 111 Å². The number of ether oxygens (including phenoxy) is 1. The molecular weight excluding hydrogens is 241 g/mol. The lowest BCUT2D eigenvalue weighted by Crippen LogP contribution is -2.51. The molecule has 0 aromatic carbocycles. The van der Waals surface area contributed by atoms with Crippen molar-refractivity contribution in [3.63, 3.8) is 0 Å². The van der Waals surface area contributed by atoms with Crippen LogP contribution in [-0.4, -0.2) is 42.7 Å². The predicted octanol–water partition coefficient (Wildman–Crippen LogP) is 0.426. The van der Waals surface area contributed by atoms with Gasteiger partial charge in [-0.15, -0.1) is 0 Å². The molecule has 18 heavy (non-hydrogen) atoms. The molecule has 0 aliphatic rings. The van der Waals surface area contributed by atoms with Crippen molar-refractivity contribution >= 4 is 11.8 Å². The Bertz CT molecular complexity index is 340. The fourth-order valence-electron chi connectivity index (χ4n) is 1.25. The van der Waals surface area contributed by atoms with E-state index in [1.807, 2.05) is 0 Å². The van der Waals surface area contributed by atoms with E-state index in [4.69, 9.17) is 21.3 Å². The van der Waals surface area contributed by atoms with Gasteiger partial charge in [0.15, 0.2) is 0 Å². The van der Waals surface area contributed by atoms with Gasteiger partial charge in [-0.25, -0.2) is 4.39 Å². The minimum Gasteiger partial charge on any atom is -0.480 e. The van der Waals surface area contributed by atoms with Crippen LogP contribution in [0.15, 0.2) is 16.9 Å². The maximum absolute atomic E-state index is 13.2. The summed E-state index contributed by atoms with van der Waals surface area (Å²) in [6, 6.07) is 0. The molecule has 1 unspecified atom stereocenters. The highest BCUT2D eigenvalue weighted by molar-refractivity contribution is 5.78. The molecule has 0 heterocycles. The number of aliphatic imine (C=N–C) groups is 1. The monoisotopic (exact) mass is 261 g/mol. The van der Waals surface area contributed by atoms with Gasteiger partial charge in [0.05, 0.1) is 19.0 Å². The average Bonchev–Trinajstić information content (AvgIpc) is 2.26. The van der Waals surface area contributed by atoms with Gasteiger partial charge in [0.25, 0.3) is 0 Å². The third-order valence-corrected chi connectivity index (χ3v) is 2.26. The first-order valence-corrected chi connectivity index (χ1v) is 5.44. The zero-order valence-electron chi connectivity index (χ0n) is 10.6. The summed E-state index contributed by atoms with van der Waals surface area (Å²) in [6.07, 6.45) is 1.53. The Labute approximate surface area is 106 Å². The van der Waals surface area contributed by atoms with Crippen LogP contribution in [0.25, 0.3) is 0 Å². The number of carboxylic acids is 1. The number of aliphatic carboxylic acids is 1. The molecule has 1 atom stereocenters. The number of methoxy groups -OCH3 is 1. The number of halogens is 1. The Morgan fingerprint density at radius 2 is 2.22 bits per heavy atom. The summed E-state index contributed by atoms with van der Waals surface area (Å²) < 4.78 is 18.0. The standard InChI is InChI=1S/C11H20FN3O3/c1-8(13)15-6-9(12)4-3-5-11(14,7-18-2)10(16)17/h4H,3,5-7,14H2,1-2H3,(H2,13,15)(H,16,17)/b9-4-. The molecule has 0 bridgehead atoms. The first-order valence-electron chi connectivity index (χ1n) is 5.44. The fraction of sp³-hybridized carbons (Fsp3) is 0.636. The van der Waals surface area contributed by atoms with Crippen molar-refractivity contribution in [2.24, 2.45) is 16.5 Å². The van der Waals surface area contributed by atoms with E-state index in [1.165, 1.54) is 13.2 Å². The van der Waals surface area contributed by atoms with Crippen LogP contribution < -0.4 is 11.5 Å². The molecule has 0 rings (SSSR count). The van der Waals surface area contributed by atoms with Gasteiger partial charge in [-0.05, 0) is 19.8 Å². The number of carboxylic acid groups (broad SMARTS) is 1. The van der Waals surface area contributed by atoms with Crippen LogP contribution in [-0.2, 0) is 9.53 Å². The summed E-state index contributed by atoms with van der Waals surface area (Å²) in [4.78, 5) is 14.6. The van der Waals surface area contributed by atoms with Gasteiger partial charge in [-0.2, -0.15) is 0 Å². The zero-order chi connectivity index (χ0) is 14.2. The second-order valence-electron chi connectivity index (χ2n) is 4.04. The van der Waals surface area contributed by atoms with E-state index in [0.717, 1.165) is 0 Å². The first-order chi connectivity index (χ1) is 8.31.